The van der Waals surface area contributed by atoms with Gasteiger partial charge in [-0.2, -0.15) is 0 Å². The average Bonchev–Trinajstić information content (AvgIpc) is 3.33. The van der Waals surface area contributed by atoms with Crippen molar-refractivity contribution >= 4 is 23.8 Å². The van der Waals surface area contributed by atoms with E-state index in [1.165, 1.54) is 5.57 Å². The summed E-state index contributed by atoms with van der Waals surface area (Å²) in [6, 6.07) is 9.70. The van der Waals surface area contributed by atoms with Gasteiger partial charge >= 0.3 is 18.0 Å². The van der Waals surface area contributed by atoms with Gasteiger partial charge in [0.25, 0.3) is 0 Å². The van der Waals surface area contributed by atoms with E-state index < -0.39 is 22.9 Å². The Labute approximate surface area is 305 Å². The molecule has 3 N–H and O–H groups in total. The molecule has 1 aromatic carbocycles. The molecule has 0 heterocycles. The van der Waals surface area contributed by atoms with Crippen LogP contribution in [0.5, 0.6) is 0 Å². The quantitative estimate of drug-likeness (QED) is 0.233. The molecule has 0 aromatic heterocycles. The molecule has 6 rings (SSSR count). The second kappa shape index (κ2) is 12.8. The Morgan fingerprint density at radius 1 is 0.902 bits per heavy atom. The molecule has 2 amide bonds. The van der Waals surface area contributed by atoms with E-state index >= 15 is 0 Å². The number of ketones is 1. The van der Waals surface area contributed by atoms with Crippen molar-refractivity contribution in [1.82, 2.24) is 10.6 Å². The number of esters is 1. The Kier molecular flexibility index (Phi) is 9.40. The van der Waals surface area contributed by atoms with Gasteiger partial charge in [0.15, 0.2) is 5.78 Å². The fourth-order valence-corrected chi connectivity index (χ4v) is 12.6. The molecule has 4 fully saturated rings. The van der Waals surface area contributed by atoms with E-state index in [4.69, 9.17) is 4.74 Å². The number of carboxylic acid groups (broad SMARTS) is 1. The molecule has 4 saturated carbocycles. The molecule has 0 saturated heterocycles. The molecule has 0 unspecified atom stereocenters. The number of carbonyl (C=O) groups is 4. The number of benzene rings is 1. The number of Topliss-reactive ketones (excluding diaryl/α,β-unsaturated/α-hetero) is 1. The van der Waals surface area contributed by atoms with Crippen molar-refractivity contribution in [2.24, 2.45) is 50.7 Å². The smallest absolute Gasteiger partial charge is 0.315 e. The van der Waals surface area contributed by atoms with Gasteiger partial charge in [0.2, 0.25) is 0 Å². The van der Waals surface area contributed by atoms with Crippen LogP contribution in [0.2, 0.25) is 0 Å². The maximum Gasteiger partial charge on any atom is 0.315 e. The van der Waals surface area contributed by atoms with Gasteiger partial charge < -0.3 is 20.5 Å². The summed E-state index contributed by atoms with van der Waals surface area (Å²) in [6.45, 7) is 19.9. The lowest BCUT2D eigenvalue weighted by atomic mass is 9.33. The number of hydrogen-bond donors (Lipinski definition) is 3. The Hall–Kier alpha value is -3.16. The highest BCUT2D eigenvalue weighted by Gasteiger charge is 2.70. The first-order valence-electron chi connectivity index (χ1n) is 19.5. The van der Waals surface area contributed by atoms with Crippen LogP contribution in [0.25, 0.3) is 0 Å². The van der Waals surface area contributed by atoms with Crippen LogP contribution >= 0.6 is 0 Å². The van der Waals surface area contributed by atoms with Crippen molar-refractivity contribution in [2.45, 2.75) is 145 Å². The van der Waals surface area contributed by atoms with Crippen molar-refractivity contribution in [2.75, 3.05) is 0 Å². The minimum Gasteiger partial charge on any atom is -0.481 e. The third-order valence-corrected chi connectivity index (χ3v) is 15.5. The highest BCUT2D eigenvalue weighted by molar-refractivity contribution is 6.02. The summed E-state index contributed by atoms with van der Waals surface area (Å²) >= 11 is 0. The number of rotatable bonds is 8. The van der Waals surface area contributed by atoms with Crippen LogP contribution in [0.15, 0.2) is 41.5 Å². The summed E-state index contributed by atoms with van der Waals surface area (Å²) in [5.74, 6) is -0.0903. The predicted molar refractivity (Wildman–Crippen MR) is 197 cm³/mol. The van der Waals surface area contributed by atoms with Gasteiger partial charge in [-0.05, 0) is 122 Å². The zero-order chi connectivity index (χ0) is 37.4. The lowest BCUT2D eigenvalue weighted by Crippen LogP contribution is -2.67. The second-order valence-corrected chi connectivity index (χ2v) is 19.3. The van der Waals surface area contributed by atoms with E-state index in [1.54, 1.807) is 13.8 Å². The molecule has 5 aliphatic rings. The van der Waals surface area contributed by atoms with E-state index in [2.05, 4.69) is 59.1 Å². The van der Waals surface area contributed by atoms with Crippen molar-refractivity contribution in [3.63, 3.8) is 0 Å². The van der Waals surface area contributed by atoms with Crippen LogP contribution in [0, 0.1) is 50.7 Å². The Morgan fingerprint density at radius 2 is 1.59 bits per heavy atom. The molecule has 0 spiro atoms. The van der Waals surface area contributed by atoms with E-state index in [0.717, 1.165) is 62.5 Å². The topological polar surface area (TPSA) is 122 Å². The zero-order valence-corrected chi connectivity index (χ0v) is 32.5. The first-order chi connectivity index (χ1) is 23.7. The van der Waals surface area contributed by atoms with Crippen molar-refractivity contribution < 1.29 is 29.0 Å². The summed E-state index contributed by atoms with van der Waals surface area (Å²) in [4.78, 5) is 52.3. The van der Waals surface area contributed by atoms with Crippen LogP contribution in [0.4, 0.5) is 4.79 Å². The molecule has 8 nitrogen and oxygen atoms in total. The number of allylic oxidation sites excluding steroid dienone is 1. The minimum absolute atomic E-state index is 0.0362. The van der Waals surface area contributed by atoms with Gasteiger partial charge in [-0.3, -0.25) is 14.4 Å². The fraction of sp³-hybridized carbons (Fsp3) is 0.721. The molecule has 51 heavy (non-hydrogen) atoms. The van der Waals surface area contributed by atoms with E-state index in [9.17, 15) is 24.3 Å². The highest BCUT2D eigenvalue weighted by atomic mass is 16.5. The highest BCUT2D eigenvalue weighted by Crippen LogP contribution is 2.76. The largest absolute Gasteiger partial charge is 0.481 e. The predicted octanol–water partition coefficient (Wildman–Crippen LogP) is 8.63. The molecule has 0 radical (unpaired) electrons. The van der Waals surface area contributed by atoms with Crippen molar-refractivity contribution in [3.05, 3.63) is 47.0 Å². The SMILES string of the molecule is CC(C)C1=C2[C@H]3CC[C@@H]4[C@@]5(C)CC[C@H](OC(=O)CC(C)(C)C(=O)O)C(C)(C)[C@@H]5CC[C@@]4(C)[C@]3(C)CC[C@@]2(NC(=O)NCc2ccccc2)CC1=O. The first-order valence-corrected chi connectivity index (χ1v) is 19.5. The lowest BCUT2D eigenvalue weighted by Gasteiger charge is -2.72. The Morgan fingerprint density at radius 3 is 2.24 bits per heavy atom. The van der Waals surface area contributed by atoms with Gasteiger partial charge in [-0.25, -0.2) is 4.79 Å². The fourth-order valence-electron chi connectivity index (χ4n) is 12.6. The monoisotopic (exact) mass is 702 g/mol. The second-order valence-electron chi connectivity index (χ2n) is 19.3. The summed E-state index contributed by atoms with van der Waals surface area (Å²) < 4.78 is 6.15. The third-order valence-electron chi connectivity index (χ3n) is 15.5. The Balaban J connectivity index is 1.26. The van der Waals surface area contributed by atoms with Crippen LogP contribution in [0.3, 0.4) is 0 Å². The Bertz CT molecular complexity index is 1610. The maximum atomic E-state index is 13.9. The van der Waals surface area contributed by atoms with E-state index in [0.29, 0.717) is 24.8 Å². The molecule has 5 aliphatic carbocycles. The molecule has 1 aromatic rings. The van der Waals surface area contributed by atoms with E-state index in [-0.39, 0.29) is 57.8 Å². The molecule has 0 aliphatic heterocycles. The normalized spacial score (nSPS) is 37.1. The molecular formula is C43H62N2O6. The molecule has 8 atom stereocenters. The van der Waals surface area contributed by atoms with Gasteiger partial charge in [0, 0.05) is 18.4 Å². The summed E-state index contributed by atoms with van der Waals surface area (Å²) in [6.07, 6.45) is 7.57. The standard InChI is InChI=1S/C43H62N2O6/c1-26(2)34-29(46)23-43(45-37(50)44-25-27-13-11-10-12-14-27)22-21-41(8)28(35(34)43)15-16-31-40(7)19-18-32(51-33(47)24-38(3,4)36(48)49)39(5,6)30(40)17-20-42(31,41)9/h10-14,26,28,30-32H,15-25H2,1-9H3,(H,48,49)(H2,44,45,50)/t28-,30+,31-,32+,40+,41-,42-,43-/m1/s1. The number of ether oxygens (including phenoxy) is 1. The summed E-state index contributed by atoms with van der Waals surface area (Å²) in [5, 5.41) is 16.1. The van der Waals surface area contributed by atoms with Crippen LogP contribution in [0.1, 0.15) is 132 Å². The number of fused-ring (bicyclic) bond motifs is 7. The number of urea groups is 1. The van der Waals surface area contributed by atoms with Crippen molar-refractivity contribution in [1.29, 1.82) is 0 Å². The van der Waals surface area contributed by atoms with E-state index in [1.807, 2.05) is 30.3 Å². The molecular weight excluding hydrogens is 640 g/mol. The average molecular weight is 703 g/mol. The number of carbonyl (C=O) groups excluding carboxylic acids is 3. The molecule has 280 valence electrons. The van der Waals surface area contributed by atoms with Crippen molar-refractivity contribution in [3.8, 4) is 0 Å². The minimum atomic E-state index is -1.17. The van der Waals surface area contributed by atoms with Gasteiger partial charge in [0.1, 0.15) is 6.10 Å². The van der Waals surface area contributed by atoms with Crippen LogP contribution in [-0.4, -0.2) is 40.5 Å². The number of amides is 2. The van der Waals surface area contributed by atoms with Gasteiger partial charge in [0.05, 0.1) is 17.4 Å². The summed E-state index contributed by atoms with van der Waals surface area (Å²) in [7, 11) is 0. The number of nitrogens with one attached hydrogen (secondary N) is 2. The zero-order valence-electron chi connectivity index (χ0n) is 32.5. The van der Waals surface area contributed by atoms with Gasteiger partial charge in [-0.1, -0.05) is 78.8 Å². The third kappa shape index (κ3) is 5.95. The van der Waals surface area contributed by atoms with Crippen LogP contribution in [-0.2, 0) is 25.7 Å². The lowest BCUT2D eigenvalue weighted by molar-refractivity contribution is -0.232. The number of carboxylic acids is 1. The summed E-state index contributed by atoms with van der Waals surface area (Å²) in [5.41, 5.74) is 1.20. The first kappa shape index (κ1) is 37.6. The maximum absolute atomic E-state index is 13.9. The molecule has 0 bridgehead atoms. The number of aliphatic carboxylic acids is 1. The van der Waals surface area contributed by atoms with Gasteiger partial charge in [-0.15, -0.1) is 0 Å². The molecule has 8 heteroatoms. The van der Waals surface area contributed by atoms with Crippen LogP contribution < -0.4 is 10.6 Å². The number of hydrogen-bond acceptors (Lipinski definition) is 5.